The van der Waals surface area contributed by atoms with Gasteiger partial charge < -0.3 is 15.4 Å². The maximum Gasteiger partial charge on any atom is 0.224 e. The van der Waals surface area contributed by atoms with E-state index in [4.69, 9.17) is 4.74 Å². The average Bonchev–Trinajstić information content (AvgIpc) is 2.49. The fourth-order valence-corrected chi connectivity index (χ4v) is 2.41. The van der Waals surface area contributed by atoms with Crippen LogP contribution in [0.3, 0.4) is 0 Å². The minimum Gasteiger partial charge on any atom is -0.384 e. The summed E-state index contributed by atoms with van der Waals surface area (Å²) in [5.41, 5.74) is 3.10. The largest absolute Gasteiger partial charge is 0.384 e. The number of anilines is 2. The lowest BCUT2D eigenvalue weighted by atomic mass is 10.00. The molecule has 0 atom stereocenters. The van der Waals surface area contributed by atoms with E-state index in [1.165, 1.54) is 0 Å². The molecule has 4 nitrogen and oxygen atoms in total. The summed E-state index contributed by atoms with van der Waals surface area (Å²) >= 11 is 0. The molecule has 1 heterocycles. The summed E-state index contributed by atoms with van der Waals surface area (Å²) in [7, 11) is 0. The molecule has 1 aliphatic heterocycles. The van der Waals surface area contributed by atoms with Crippen molar-refractivity contribution in [2.75, 3.05) is 30.4 Å². The Morgan fingerprint density at radius 1 is 1.30 bits per heavy atom. The molecular formula is C16H24N2O2. The van der Waals surface area contributed by atoms with Crippen molar-refractivity contribution in [2.45, 2.75) is 33.1 Å². The predicted molar refractivity (Wildman–Crippen MR) is 82.1 cm³/mol. The third-order valence-corrected chi connectivity index (χ3v) is 3.85. The van der Waals surface area contributed by atoms with E-state index in [-0.39, 0.29) is 5.91 Å². The highest BCUT2D eigenvalue weighted by atomic mass is 16.5. The Labute approximate surface area is 120 Å². The fourth-order valence-electron chi connectivity index (χ4n) is 2.41. The van der Waals surface area contributed by atoms with Gasteiger partial charge in [-0.15, -0.1) is 0 Å². The molecule has 1 aromatic carbocycles. The summed E-state index contributed by atoms with van der Waals surface area (Å²) in [4.78, 5) is 11.5. The van der Waals surface area contributed by atoms with Crippen molar-refractivity contribution in [3.05, 3.63) is 23.8 Å². The highest BCUT2D eigenvalue weighted by Crippen LogP contribution is 2.24. The number of hydrogen-bond donors (Lipinski definition) is 2. The minimum absolute atomic E-state index is 0.0506. The quantitative estimate of drug-likeness (QED) is 0.868. The Balaban J connectivity index is 1.96. The lowest BCUT2D eigenvalue weighted by Crippen LogP contribution is -2.23. The highest BCUT2D eigenvalue weighted by Gasteiger charge is 2.14. The van der Waals surface area contributed by atoms with Gasteiger partial charge >= 0.3 is 0 Å². The van der Waals surface area contributed by atoms with Gasteiger partial charge in [0.1, 0.15) is 0 Å². The Kier molecular flexibility index (Phi) is 5.41. The van der Waals surface area contributed by atoms with Crippen LogP contribution in [0.5, 0.6) is 0 Å². The summed E-state index contributed by atoms with van der Waals surface area (Å²) in [6.07, 6.45) is 2.75. The van der Waals surface area contributed by atoms with Gasteiger partial charge in [0.25, 0.3) is 0 Å². The summed E-state index contributed by atoms with van der Waals surface area (Å²) < 4.78 is 5.38. The number of rotatable bonds is 5. The molecule has 2 N–H and O–H groups in total. The monoisotopic (exact) mass is 276 g/mol. The zero-order valence-electron chi connectivity index (χ0n) is 12.4. The van der Waals surface area contributed by atoms with Crippen LogP contribution in [0, 0.1) is 12.8 Å². The van der Waals surface area contributed by atoms with Crippen molar-refractivity contribution in [1.29, 1.82) is 0 Å². The number of hydrogen-bond acceptors (Lipinski definition) is 3. The number of carbonyl (C=O) groups excluding carboxylic acids is 1. The second-order valence-corrected chi connectivity index (χ2v) is 5.32. The van der Waals surface area contributed by atoms with Crippen molar-refractivity contribution < 1.29 is 9.53 Å². The van der Waals surface area contributed by atoms with E-state index >= 15 is 0 Å². The van der Waals surface area contributed by atoms with E-state index < -0.39 is 0 Å². The Hall–Kier alpha value is -1.55. The first kappa shape index (κ1) is 14.9. The second kappa shape index (κ2) is 7.29. The molecule has 0 spiro atoms. The van der Waals surface area contributed by atoms with Gasteiger partial charge in [-0.25, -0.2) is 0 Å². The van der Waals surface area contributed by atoms with Crippen LogP contribution in [-0.2, 0) is 9.53 Å². The zero-order chi connectivity index (χ0) is 14.4. The van der Waals surface area contributed by atoms with E-state index in [2.05, 4.69) is 16.7 Å². The minimum atomic E-state index is 0.0506. The van der Waals surface area contributed by atoms with Crippen LogP contribution in [0.25, 0.3) is 0 Å². The molecule has 1 aromatic rings. The molecule has 0 aromatic heterocycles. The maximum absolute atomic E-state index is 11.5. The van der Waals surface area contributed by atoms with E-state index in [0.717, 1.165) is 49.5 Å². The molecule has 0 unspecified atom stereocenters. The first-order valence-corrected chi connectivity index (χ1v) is 7.41. The van der Waals surface area contributed by atoms with Crippen LogP contribution in [0.4, 0.5) is 11.4 Å². The first-order valence-electron chi connectivity index (χ1n) is 7.41. The highest BCUT2D eigenvalue weighted by molar-refractivity contribution is 5.92. The zero-order valence-corrected chi connectivity index (χ0v) is 12.4. The molecule has 1 aliphatic rings. The second-order valence-electron chi connectivity index (χ2n) is 5.32. The maximum atomic E-state index is 11.5. The Morgan fingerprint density at radius 2 is 2.00 bits per heavy atom. The molecule has 0 bridgehead atoms. The van der Waals surface area contributed by atoms with Gasteiger partial charge in [-0.05, 0) is 43.4 Å². The van der Waals surface area contributed by atoms with Crippen molar-refractivity contribution >= 4 is 17.3 Å². The van der Waals surface area contributed by atoms with Gasteiger partial charge in [-0.2, -0.15) is 0 Å². The van der Waals surface area contributed by atoms with E-state index in [9.17, 15) is 4.79 Å². The third kappa shape index (κ3) is 3.97. The summed E-state index contributed by atoms with van der Waals surface area (Å²) in [6, 6.07) is 5.99. The van der Waals surface area contributed by atoms with Gasteiger partial charge in [0, 0.05) is 37.6 Å². The van der Waals surface area contributed by atoms with Crippen molar-refractivity contribution in [3.8, 4) is 0 Å². The van der Waals surface area contributed by atoms with Gasteiger partial charge in [0.2, 0.25) is 5.91 Å². The fraction of sp³-hybridized carbons (Fsp3) is 0.562. The Bertz CT molecular complexity index is 454. The summed E-state index contributed by atoms with van der Waals surface area (Å²) in [5, 5.41) is 6.45. The molecule has 20 heavy (non-hydrogen) atoms. The molecule has 1 fully saturated rings. The number of carbonyl (C=O) groups is 1. The smallest absolute Gasteiger partial charge is 0.224 e. The van der Waals surface area contributed by atoms with Crippen molar-refractivity contribution in [3.63, 3.8) is 0 Å². The van der Waals surface area contributed by atoms with Crippen LogP contribution < -0.4 is 10.6 Å². The van der Waals surface area contributed by atoms with Crippen LogP contribution in [0.1, 0.15) is 31.7 Å². The van der Waals surface area contributed by atoms with Crippen molar-refractivity contribution in [2.24, 2.45) is 5.92 Å². The first-order chi connectivity index (χ1) is 9.70. The molecule has 1 saturated heterocycles. The predicted octanol–water partition coefficient (Wildman–Crippen LogP) is 3.18. The van der Waals surface area contributed by atoms with E-state index in [1.54, 1.807) is 0 Å². The topological polar surface area (TPSA) is 50.4 Å². The molecule has 2 rings (SSSR count). The molecule has 0 aliphatic carbocycles. The van der Waals surface area contributed by atoms with E-state index in [1.807, 2.05) is 26.0 Å². The number of nitrogens with one attached hydrogen (secondary N) is 2. The Morgan fingerprint density at radius 3 is 2.70 bits per heavy atom. The normalized spacial score (nSPS) is 15.9. The number of ether oxygens (including phenoxy) is 1. The summed E-state index contributed by atoms with van der Waals surface area (Å²) in [5.74, 6) is 0.728. The molecule has 110 valence electrons. The SMILES string of the molecule is CCC(=O)Nc1cccc(NCC2CCOCC2)c1C. The molecule has 4 heteroatoms. The van der Waals surface area contributed by atoms with Crippen LogP contribution >= 0.6 is 0 Å². The molecule has 1 amide bonds. The van der Waals surface area contributed by atoms with Crippen LogP contribution in [0.2, 0.25) is 0 Å². The average molecular weight is 276 g/mol. The van der Waals surface area contributed by atoms with Gasteiger partial charge in [0.05, 0.1) is 0 Å². The van der Waals surface area contributed by atoms with E-state index in [0.29, 0.717) is 12.3 Å². The van der Waals surface area contributed by atoms with Crippen LogP contribution in [-0.4, -0.2) is 25.7 Å². The molecular weight excluding hydrogens is 252 g/mol. The van der Waals surface area contributed by atoms with Gasteiger partial charge in [0.15, 0.2) is 0 Å². The summed E-state index contributed by atoms with van der Waals surface area (Å²) in [6.45, 7) is 6.61. The van der Waals surface area contributed by atoms with Gasteiger partial charge in [-0.3, -0.25) is 4.79 Å². The molecule has 0 radical (unpaired) electrons. The standard InChI is InChI=1S/C16H24N2O2/c1-3-16(19)18-15-6-4-5-14(12(15)2)17-11-13-7-9-20-10-8-13/h4-6,13,17H,3,7-11H2,1-2H3,(H,18,19). The third-order valence-electron chi connectivity index (χ3n) is 3.85. The van der Waals surface area contributed by atoms with Crippen LogP contribution in [0.15, 0.2) is 18.2 Å². The molecule has 0 saturated carbocycles. The number of amides is 1. The lowest BCUT2D eigenvalue weighted by Gasteiger charge is -2.23. The number of benzene rings is 1. The van der Waals surface area contributed by atoms with Crippen molar-refractivity contribution in [1.82, 2.24) is 0 Å². The lowest BCUT2D eigenvalue weighted by molar-refractivity contribution is -0.115. The van der Waals surface area contributed by atoms with Gasteiger partial charge in [-0.1, -0.05) is 13.0 Å².